The lowest BCUT2D eigenvalue weighted by Crippen LogP contribution is -2.32. The molecular weight excluding hydrogens is 506 g/mol. The summed E-state index contributed by atoms with van der Waals surface area (Å²) < 4.78 is 0. The minimum atomic E-state index is 0.534. The Hall–Kier alpha value is -3.89. The topological polar surface area (TPSA) is 36.8 Å². The van der Waals surface area contributed by atoms with Crippen LogP contribution in [0.15, 0.2) is 137 Å². The zero-order valence-corrected chi connectivity index (χ0v) is 25.3. The van der Waals surface area contributed by atoms with Crippen molar-refractivity contribution in [3.63, 3.8) is 0 Å². The number of allylic oxidation sites excluding steroid dienone is 9. The van der Waals surface area contributed by atoms with E-state index in [2.05, 4.69) is 123 Å². The normalized spacial score (nSPS) is 13.5. The quantitative estimate of drug-likeness (QED) is 0.0641. The van der Waals surface area contributed by atoms with Gasteiger partial charge in [0.15, 0.2) is 0 Å². The largest absolute Gasteiger partial charge is 0.325 e. The van der Waals surface area contributed by atoms with Gasteiger partial charge in [0.1, 0.15) is 11.7 Å². The second-order valence-electron chi connectivity index (χ2n) is 9.25. The van der Waals surface area contributed by atoms with E-state index in [1.165, 1.54) is 16.7 Å². The van der Waals surface area contributed by atoms with Gasteiger partial charge in [0, 0.05) is 23.1 Å². The van der Waals surface area contributed by atoms with E-state index >= 15 is 0 Å². The molecule has 1 N–H and O–H groups in total. The molecule has 0 bridgehead atoms. The van der Waals surface area contributed by atoms with E-state index in [1.54, 1.807) is 13.1 Å². The van der Waals surface area contributed by atoms with Crippen LogP contribution in [0, 0.1) is 0 Å². The first-order valence-corrected chi connectivity index (χ1v) is 14.1. The van der Waals surface area contributed by atoms with Gasteiger partial charge in [0.2, 0.25) is 0 Å². The molecule has 0 aliphatic carbocycles. The predicted octanol–water partition coefficient (Wildman–Crippen LogP) is 9.24. The highest BCUT2D eigenvalue weighted by Crippen LogP contribution is 2.17. The average Bonchev–Trinajstić information content (AvgIpc) is 2.96. The predicted molar refractivity (Wildman–Crippen MR) is 181 cm³/mol. The number of aliphatic imine (C=N–C) groups is 2. The first-order valence-electron chi connectivity index (χ1n) is 13.7. The number of hydrogen-bond donors (Lipinski definition) is 2. The Morgan fingerprint density at radius 3 is 2.23 bits per heavy atom. The molecule has 0 radical (unpaired) electrons. The summed E-state index contributed by atoms with van der Waals surface area (Å²) in [6.07, 6.45) is 21.1. The third kappa shape index (κ3) is 11.5. The summed E-state index contributed by atoms with van der Waals surface area (Å²) in [6, 6.07) is 17.1. The summed E-state index contributed by atoms with van der Waals surface area (Å²) in [7, 11) is 1.75. The molecule has 2 rings (SSSR count). The monoisotopic (exact) mass is 549 g/mol. The zero-order valence-electron chi connectivity index (χ0n) is 24.4. The maximum absolute atomic E-state index is 4.98. The fourth-order valence-corrected chi connectivity index (χ4v) is 4.19. The second-order valence-corrected chi connectivity index (χ2v) is 9.77. The van der Waals surface area contributed by atoms with Crippen molar-refractivity contribution < 1.29 is 0 Å². The second kappa shape index (κ2) is 18.4. The van der Waals surface area contributed by atoms with Gasteiger partial charge in [0.05, 0.1) is 6.54 Å². The Kier molecular flexibility index (Phi) is 14.9. The molecule has 40 heavy (non-hydrogen) atoms. The Morgan fingerprint density at radius 2 is 1.60 bits per heavy atom. The van der Waals surface area contributed by atoms with Crippen molar-refractivity contribution in [2.75, 3.05) is 7.05 Å². The number of rotatable bonds is 13. The van der Waals surface area contributed by atoms with Crippen molar-refractivity contribution in [1.82, 2.24) is 5.32 Å². The SMILES string of the molecule is C=C/C=C\Cc1ccc(C(=NCc2ccc(/C(C)=C/CC/C=C\C)cc2)NC(=NC)C(=C)/C=C(S)\C=C/C)cc1. The van der Waals surface area contributed by atoms with Gasteiger partial charge in [-0.3, -0.25) is 9.98 Å². The van der Waals surface area contributed by atoms with E-state index in [0.717, 1.165) is 46.7 Å². The fraction of sp³-hybridized carbons (Fsp3) is 0.222. The number of benzene rings is 2. The molecule has 0 unspecified atom stereocenters. The third-order valence-corrected chi connectivity index (χ3v) is 6.40. The van der Waals surface area contributed by atoms with Gasteiger partial charge in [-0.1, -0.05) is 110 Å². The minimum absolute atomic E-state index is 0.534. The van der Waals surface area contributed by atoms with Gasteiger partial charge in [0.25, 0.3) is 0 Å². The summed E-state index contributed by atoms with van der Waals surface area (Å²) in [6.45, 7) is 14.6. The maximum atomic E-state index is 4.98. The van der Waals surface area contributed by atoms with Crippen LogP contribution in [0.5, 0.6) is 0 Å². The van der Waals surface area contributed by atoms with E-state index in [-0.39, 0.29) is 0 Å². The van der Waals surface area contributed by atoms with Gasteiger partial charge in [-0.15, -0.1) is 12.6 Å². The Labute approximate surface area is 247 Å². The minimum Gasteiger partial charge on any atom is -0.325 e. The molecule has 0 atom stereocenters. The summed E-state index contributed by atoms with van der Waals surface area (Å²) >= 11 is 4.51. The van der Waals surface area contributed by atoms with Crippen LogP contribution < -0.4 is 5.32 Å². The summed E-state index contributed by atoms with van der Waals surface area (Å²) in [4.78, 5) is 10.2. The van der Waals surface area contributed by atoms with E-state index in [4.69, 9.17) is 4.99 Å². The number of hydrogen-bond acceptors (Lipinski definition) is 3. The van der Waals surface area contributed by atoms with Gasteiger partial charge >= 0.3 is 0 Å². The maximum Gasteiger partial charge on any atom is 0.134 e. The van der Waals surface area contributed by atoms with E-state index in [9.17, 15) is 0 Å². The zero-order chi connectivity index (χ0) is 29.2. The molecule has 3 nitrogen and oxygen atoms in total. The average molecular weight is 550 g/mol. The van der Waals surface area contributed by atoms with Crippen LogP contribution in [-0.2, 0) is 13.0 Å². The number of amidine groups is 2. The summed E-state index contributed by atoms with van der Waals surface area (Å²) in [5, 5.41) is 3.43. The van der Waals surface area contributed by atoms with E-state index in [0.29, 0.717) is 12.4 Å². The lowest BCUT2D eigenvalue weighted by molar-refractivity contribution is 1.04. The summed E-state index contributed by atoms with van der Waals surface area (Å²) in [5.41, 5.74) is 6.58. The Bertz CT molecular complexity index is 1320. The molecule has 0 aliphatic heterocycles. The number of nitrogens with one attached hydrogen (secondary N) is 1. The molecule has 0 spiro atoms. The first-order chi connectivity index (χ1) is 19.4. The molecule has 4 heteroatoms. The molecule has 0 saturated heterocycles. The Balaban J connectivity index is 2.31. The molecule has 0 fully saturated rings. The number of nitrogens with zero attached hydrogens (tertiary/aromatic N) is 2. The molecule has 0 aromatic heterocycles. The summed E-state index contributed by atoms with van der Waals surface area (Å²) in [5.74, 6) is 1.38. The van der Waals surface area contributed by atoms with Crippen molar-refractivity contribution in [3.05, 3.63) is 149 Å². The lowest BCUT2D eigenvalue weighted by Gasteiger charge is -2.14. The first kappa shape index (κ1) is 32.3. The van der Waals surface area contributed by atoms with Crippen LogP contribution in [0.25, 0.3) is 5.57 Å². The molecule has 208 valence electrons. The van der Waals surface area contributed by atoms with Gasteiger partial charge in [-0.05, 0) is 68.4 Å². The van der Waals surface area contributed by atoms with Crippen molar-refractivity contribution in [2.45, 2.75) is 46.6 Å². The third-order valence-electron chi connectivity index (χ3n) is 6.13. The fourth-order valence-electron chi connectivity index (χ4n) is 3.88. The molecule has 2 aromatic carbocycles. The van der Waals surface area contributed by atoms with Gasteiger partial charge in [-0.25, -0.2) is 0 Å². The number of unbranched alkanes of at least 4 members (excludes halogenated alkanes) is 1. The van der Waals surface area contributed by atoms with Crippen LogP contribution in [0.4, 0.5) is 0 Å². The van der Waals surface area contributed by atoms with Crippen molar-refractivity contribution >= 4 is 29.9 Å². The van der Waals surface area contributed by atoms with Crippen LogP contribution >= 0.6 is 12.6 Å². The van der Waals surface area contributed by atoms with Crippen LogP contribution in [0.2, 0.25) is 0 Å². The molecule has 0 aliphatic rings. The highest BCUT2D eigenvalue weighted by atomic mass is 32.1. The number of thiol groups is 1. The van der Waals surface area contributed by atoms with E-state index in [1.807, 2.05) is 31.2 Å². The smallest absolute Gasteiger partial charge is 0.134 e. The lowest BCUT2D eigenvalue weighted by atomic mass is 10.0. The van der Waals surface area contributed by atoms with Crippen molar-refractivity contribution in [2.24, 2.45) is 9.98 Å². The van der Waals surface area contributed by atoms with Gasteiger partial charge < -0.3 is 5.32 Å². The van der Waals surface area contributed by atoms with Gasteiger partial charge in [-0.2, -0.15) is 0 Å². The molecular formula is C36H43N3S. The van der Waals surface area contributed by atoms with Crippen molar-refractivity contribution in [1.29, 1.82) is 0 Å². The van der Waals surface area contributed by atoms with E-state index < -0.39 is 0 Å². The molecule has 0 heterocycles. The molecule has 2 aromatic rings. The Morgan fingerprint density at radius 1 is 0.925 bits per heavy atom. The molecule has 0 saturated carbocycles. The highest BCUT2D eigenvalue weighted by Gasteiger charge is 2.10. The highest BCUT2D eigenvalue weighted by molar-refractivity contribution is 7.84. The van der Waals surface area contributed by atoms with Crippen LogP contribution in [0.1, 0.15) is 55.9 Å². The van der Waals surface area contributed by atoms with Crippen LogP contribution in [0.3, 0.4) is 0 Å². The molecule has 0 amide bonds. The van der Waals surface area contributed by atoms with Crippen LogP contribution in [-0.4, -0.2) is 18.7 Å². The van der Waals surface area contributed by atoms with Crippen molar-refractivity contribution in [3.8, 4) is 0 Å². The standard InChI is InChI=1S/C36H43N3S/c1-7-10-12-14-16-28(4)32-22-20-31(21-23-32)27-38-36(33-24-18-30(19-25-33)17-13-11-8-2)39-35(37-6)29(5)26-34(40)15-9-3/h7-11,13,15-16,18-26,40H,2,5,12,14,17,27H2,1,3-4,6H3,(H,37,38,39)/b10-7-,13-11-,15-9-,28-16+,34-26+.